The van der Waals surface area contributed by atoms with Gasteiger partial charge in [-0.15, -0.1) is 0 Å². The van der Waals surface area contributed by atoms with E-state index < -0.39 is 5.82 Å². The number of hydrogen-bond acceptors (Lipinski definition) is 2. The Morgan fingerprint density at radius 1 is 1.58 bits per heavy atom. The number of hydrogen-bond donors (Lipinski definition) is 0. The van der Waals surface area contributed by atoms with Gasteiger partial charge in [-0.2, -0.15) is 5.26 Å². The normalized spacial score (nSPS) is 9.08. The lowest BCUT2D eigenvalue weighted by atomic mass is 10.0. The molecule has 12 heavy (non-hydrogen) atoms. The van der Waals surface area contributed by atoms with Crippen LogP contribution in [0.3, 0.4) is 0 Å². The van der Waals surface area contributed by atoms with Crippen molar-refractivity contribution >= 4 is 6.29 Å². The second-order valence-electron chi connectivity index (χ2n) is 2.38. The Morgan fingerprint density at radius 2 is 2.25 bits per heavy atom. The monoisotopic (exact) mass is 163 g/mol. The summed E-state index contributed by atoms with van der Waals surface area (Å²) in [5, 5.41) is 8.58. The minimum atomic E-state index is -0.646. The summed E-state index contributed by atoms with van der Waals surface area (Å²) in [6, 6.07) is 4.44. The third-order valence-corrected chi connectivity index (χ3v) is 1.63. The van der Waals surface area contributed by atoms with Crippen molar-refractivity contribution in [2.24, 2.45) is 0 Å². The summed E-state index contributed by atoms with van der Waals surface area (Å²) in [5.41, 5.74) is 0.573. The number of aldehydes is 1. The Hall–Kier alpha value is -1.69. The molecule has 3 heteroatoms. The molecule has 2 nitrogen and oxygen atoms in total. The van der Waals surface area contributed by atoms with Gasteiger partial charge < -0.3 is 0 Å². The summed E-state index contributed by atoms with van der Waals surface area (Å²) < 4.78 is 12.8. The predicted molar refractivity (Wildman–Crippen MR) is 41.2 cm³/mol. The van der Waals surface area contributed by atoms with Crippen molar-refractivity contribution in [3.05, 3.63) is 34.6 Å². The number of carbonyl (C=O) groups excluding carboxylic acids is 1. The molecule has 0 heterocycles. The lowest BCUT2D eigenvalue weighted by molar-refractivity contribution is 0.111. The number of halogens is 1. The van der Waals surface area contributed by atoms with E-state index in [4.69, 9.17) is 5.26 Å². The van der Waals surface area contributed by atoms with E-state index in [2.05, 4.69) is 0 Å². The maximum Gasteiger partial charge on any atom is 0.154 e. The van der Waals surface area contributed by atoms with Crippen LogP contribution in [-0.4, -0.2) is 6.29 Å². The first-order valence-electron chi connectivity index (χ1n) is 3.35. The zero-order valence-corrected chi connectivity index (χ0v) is 6.47. The molecule has 0 fully saturated rings. The average Bonchev–Trinajstić information content (AvgIpc) is 2.08. The molecule has 0 aliphatic rings. The molecule has 0 saturated carbocycles. The highest BCUT2D eigenvalue weighted by Crippen LogP contribution is 2.14. The van der Waals surface area contributed by atoms with E-state index in [0.29, 0.717) is 11.8 Å². The van der Waals surface area contributed by atoms with Gasteiger partial charge in [-0.3, -0.25) is 4.79 Å². The van der Waals surface area contributed by atoms with Crippen LogP contribution in [-0.2, 0) is 0 Å². The molecule has 0 saturated heterocycles. The second-order valence-corrected chi connectivity index (χ2v) is 2.38. The number of benzene rings is 1. The number of nitrogens with zero attached hydrogens (tertiary/aromatic N) is 1. The van der Waals surface area contributed by atoms with E-state index in [-0.39, 0.29) is 11.1 Å². The Balaban J connectivity index is 3.52. The van der Waals surface area contributed by atoms with Crippen LogP contribution < -0.4 is 0 Å². The SMILES string of the molecule is Cc1ccc(F)c(C=O)c1C#N. The van der Waals surface area contributed by atoms with Crippen molar-refractivity contribution in [2.45, 2.75) is 6.92 Å². The molecule has 0 aliphatic carbocycles. The van der Waals surface area contributed by atoms with Crippen molar-refractivity contribution in [1.82, 2.24) is 0 Å². The Labute approximate surface area is 69.2 Å². The molecule has 1 aromatic rings. The summed E-state index contributed by atoms with van der Waals surface area (Å²) in [4.78, 5) is 10.4. The lowest BCUT2D eigenvalue weighted by Gasteiger charge is -2.00. The van der Waals surface area contributed by atoms with Crippen molar-refractivity contribution in [2.75, 3.05) is 0 Å². The maximum absolute atomic E-state index is 12.8. The lowest BCUT2D eigenvalue weighted by Crippen LogP contribution is -1.95. The summed E-state index contributed by atoms with van der Waals surface area (Å²) in [6.45, 7) is 1.66. The van der Waals surface area contributed by atoms with E-state index in [0.717, 1.165) is 0 Å². The minimum absolute atomic E-state index is 0.116. The summed E-state index contributed by atoms with van der Waals surface area (Å²) in [7, 11) is 0. The number of carbonyl (C=O) groups is 1. The van der Waals surface area contributed by atoms with Crippen LogP contribution in [0, 0.1) is 24.1 Å². The summed E-state index contributed by atoms with van der Waals surface area (Å²) in [6.07, 6.45) is 0.362. The van der Waals surface area contributed by atoms with Gasteiger partial charge in [0.05, 0.1) is 11.1 Å². The molecule has 0 spiro atoms. The van der Waals surface area contributed by atoms with Crippen molar-refractivity contribution in [3.8, 4) is 6.07 Å². The fraction of sp³-hybridized carbons (Fsp3) is 0.111. The standard InChI is InChI=1S/C9H6FNO/c1-6-2-3-9(10)8(5-12)7(6)4-11/h2-3,5H,1H3. The van der Waals surface area contributed by atoms with E-state index in [1.165, 1.54) is 12.1 Å². The van der Waals surface area contributed by atoms with Gasteiger partial charge in [0.25, 0.3) is 0 Å². The highest BCUT2D eigenvalue weighted by Gasteiger charge is 2.09. The summed E-state index contributed by atoms with van der Waals surface area (Å²) in [5.74, 6) is -0.646. The highest BCUT2D eigenvalue weighted by atomic mass is 19.1. The van der Waals surface area contributed by atoms with Crippen molar-refractivity contribution in [1.29, 1.82) is 5.26 Å². The van der Waals surface area contributed by atoms with E-state index in [9.17, 15) is 9.18 Å². The van der Waals surface area contributed by atoms with Gasteiger partial charge in [0, 0.05) is 0 Å². The fourth-order valence-electron chi connectivity index (χ4n) is 0.967. The molecule has 0 unspecified atom stereocenters. The first kappa shape index (κ1) is 8.41. The largest absolute Gasteiger partial charge is 0.298 e. The highest BCUT2D eigenvalue weighted by molar-refractivity contribution is 5.80. The van der Waals surface area contributed by atoms with Gasteiger partial charge >= 0.3 is 0 Å². The molecule has 0 N–H and O–H groups in total. The summed E-state index contributed by atoms with van der Waals surface area (Å²) >= 11 is 0. The molecule has 0 atom stereocenters. The van der Waals surface area contributed by atoms with Gasteiger partial charge in [0.1, 0.15) is 11.9 Å². The van der Waals surface area contributed by atoms with Crippen LogP contribution >= 0.6 is 0 Å². The van der Waals surface area contributed by atoms with Crippen LogP contribution in [0.2, 0.25) is 0 Å². The quantitative estimate of drug-likeness (QED) is 0.592. The van der Waals surface area contributed by atoms with Crippen molar-refractivity contribution < 1.29 is 9.18 Å². The Kier molecular flexibility index (Phi) is 2.20. The molecule has 0 aromatic heterocycles. The van der Waals surface area contributed by atoms with Gasteiger partial charge in [-0.05, 0) is 18.6 Å². The van der Waals surface area contributed by atoms with Crippen LogP contribution in [0.25, 0.3) is 0 Å². The molecule has 0 amide bonds. The average molecular weight is 163 g/mol. The molecular weight excluding hydrogens is 157 g/mol. The number of nitriles is 1. The predicted octanol–water partition coefficient (Wildman–Crippen LogP) is 1.82. The van der Waals surface area contributed by atoms with E-state index in [1.54, 1.807) is 13.0 Å². The molecule has 1 rings (SSSR count). The minimum Gasteiger partial charge on any atom is -0.298 e. The fourth-order valence-corrected chi connectivity index (χ4v) is 0.967. The van der Waals surface area contributed by atoms with Crippen LogP contribution in [0.15, 0.2) is 12.1 Å². The van der Waals surface area contributed by atoms with Gasteiger partial charge in [0.2, 0.25) is 0 Å². The zero-order valence-electron chi connectivity index (χ0n) is 6.47. The van der Waals surface area contributed by atoms with Crippen molar-refractivity contribution in [3.63, 3.8) is 0 Å². The van der Waals surface area contributed by atoms with Crippen LogP contribution in [0.4, 0.5) is 4.39 Å². The first-order chi connectivity index (χ1) is 5.70. The molecule has 0 bridgehead atoms. The number of rotatable bonds is 1. The maximum atomic E-state index is 12.8. The second kappa shape index (κ2) is 3.14. The van der Waals surface area contributed by atoms with Gasteiger partial charge in [-0.25, -0.2) is 4.39 Å². The third kappa shape index (κ3) is 1.19. The topological polar surface area (TPSA) is 40.9 Å². The van der Waals surface area contributed by atoms with Gasteiger partial charge in [0.15, 0.2) is 6.29 Å². The van der Waals surface area contributed by atoms with E-state index >= 15 is 0 Å². The third-order valence-electron chi connectivity index (χ3n) is 1.63. The first-order valence-corrected chi connectivity index (χ1v) is 3.35. The number of aryl methyl sites for hydroxylation is 1. The Morgan fingerprint density at radius 3 is 2.67 bits per heavy atom. The molecule has 60 valence electrons. The molecular formula is C9H6FNO. The van der Waals surface area contributed by atoms with Crippen LogP contribution in [0.1, 0.15) is 21.5 Å². The molecule has 0 radical (unpaired) electrons. The zero-order chi connectivity index (χ0) is 9.14. The molecule has 1 aromatic carbocycles. The Bertz CT molecular complexity index is 366. The smallest absolute Gasteiger partial charge is 0.154 e. The van der Waals surface area contributed by atoms with Gasteiger partial charge in [-0.1, -0.05) is 6.07 Å². The van der Waals surface area contributed by atoms with E-state index in [1.807, 2.05) is 0 Å². The van der Waals surface area contributed by atoms with Crippen LogP contribution in [0.5, 0.6) is 0 Å². The molecule has 0 aliphatic heterocycles.